The van der Waals surface area contributed by atoms with Crippen LogP contribution in [0.5, 0.6) is 11.5 Å². The second-order valence-corrected chi connectivity index (χ2v) is 10.1. The number of carbonyl (C=O) groups is 1. The van der Waals surface area contributed by atoms with E-state index in [1.165, 1.54) is 16.7 Å². The maximum Gasteiger partial charge on any atom is 1.00 e. The first-order valence-corrected chi connectivity index (χ1v) is 12.7. The molecular weight excluding hydrogens is 491 g/mol. The van der Waals surface area contributed by atoms with Crippen LogP contribution in [0, 0.1) is 19.3 Å². The predicted molar refractivity (Wildman–Crippen MR) is 141 cm³/mol. The van der Waals surface area contributed by atoms with Crippen molar-refractivity contribution in [3.8, 4) is 22.6 Å². The van der Waals surface area contributed by atoms with Crippen LogP contribution in [0.3, 0.4) is 0 Å². The van der Waals surface area contributed by atoms with Crippen molar-refractivity contribution in [2.75, 3.05) is 26.4 Å². The van der Waals surface area contributed by atoms with Crippen LogP contribution in [0.15, 0.2) is 60.7 Å². The predicted octanol–water partition coefficient (Wildman–Crippen LogP) is 2.19. The molecule has 0 saturated carbocycles. The Morgan fingerprint density at radius 1 is 1.00 bits per heavy atom. The van der Waals surface area contributed by atoms with Crippen LogP contribution in [-0.4, -0.2) is 32.4 Å². The molecule has 0 amide bonds. The molecule has 0 spiro atoms. The van der Waals surface area contributed by atoms with Crippen molar-refractivity contribution in [2.45, 2.75) is 46.8 Å². The maximum absolute atomic E-state index is 11.0. The summed E-state index contributed by atoms with van der Waals surface area (Å²) in [5.41, 5.74) is 6.62. The van der Waals surface area contributed by atoms with E-state index in [2.05, 4.69) is 45.0 Å². The van der Waals surface area contributed by atoms with Crippen molar-refractivity contribution in [1.29, 1.82) is 0 Å². The molecule has 1 fully saturated rings. The Morgan fingerprint density at radius 3 is 2.26 bits per heavy atom. The van der Waals surface area contributed by atoms with E-state index in [1.807, 2.05) is 43.3 Å². The van der Waals surface area contributed by atoms with E-state index in [0.29, 0.717) is 25.6 Å². The van der Waals surface area contributed by atoms with Crippen molar-refractivity contribution < 1.29 is 58.4 Å². The molecule has 0 aliphatic carbocycles. The van der Waals surface area contributed by atoms with Crippen molar-refractivity contribution in [1.82, 2.24) is 0 Å². The number of carboxylic acid groups (broad SMARTS) is 1. The molecule has 38 heavy (non-hydrogen) atoms. The molecule has 1 heterocycles. The average molecular weight is 527 g/mol. The SMILES string of the molecule is CCO[C@@H](CC(=O)[O-])c1ccc(OCc2cccc(-c3c(C)cc(OCC4(C)COC4)cc3C)c2)cc1.[Na+]. The van der Waals surface area contributed by atoms with Gasteiger partial charge in [-0.2, -0.15) is 0 Å². The fourth-order valence-electron chi connectivity index (χ4n) is 4.64. The van der Waals surface area contributed by atoms with Crippen LogP contribution < -0.4 is 44.1 Å². The van der Waals surface area contributed by atoms with Crippen molar-refractivity contribution in [3.05, 3.63) is 82.9 Å². The van der Waals surface area contributed by atoms with E-state index in [0.717, 1.165) is 35.7 Å². The zero-order chi connectivity index (χ0) is 26.4. The summed E-state index contributed by atoms with van der Waals surface area (Å²) in [6.45, 7) is 11.2. The Hall–Kier alpha value is -2.35. The van der Waals surface area contributed by atoms with E-state index in [9.17, 15) is 9.90 Å². The number of ether oxygens (including phenoxy) is 4. The van der Waals surface area contributed by atoms with Gasteiger partial charge in [0, 0.05) is 24.4 Å². The van der Waals surface area contributed by atoms with Crippen LogP contribution in [0.4, 0.5) is 0 Å². The van der Waals surface area contributed by atoms with Gasteiger partial charge in [0.15, 0.2) is 0 Å². The number of hydrogen-bond donors (Lipinski definition) is 0. The van der Waals surface area contributed by atoms with Gasteiger partial charge in [-0.15, -0.1) is 0 Å². The molecule has 196 valence electrons. The fourth-order valence-corrected chi connectivity index (χ4v) is 4.64. The Balaban J connectivity index is 0.00000400. The van der Waals surface area contributed by atoms with Crippen LogP contribution >= 0.6 is 0 Å². The number of carbonyl (C=O) groups excluding carboxylic acids is 1. The molecule has 1 saturated heterocycles. The summed E-state index contributed by atoms with van der Waals surface area (Å²) in [6, 6.07) is 19.9. The van der Waals surface area contributed by atoms with Crippen molar-refractivity contribution in [2.24, 2.45) is 5.41 Å². The Labute approximate surface area is 247 Å². The van der Waals surface area contributed by atoms with Gasteiger partial charge in [-0.25, -0.2) is 0 Å². The van der Waals surface area contributed by atoms with Gasteiger partial charge in [-0.1, -0.05) is 37.3 Å². The van der Waals surface area contributed by atoms with E-state index in [4.69, 9.17) is 18.9 Å². The first kappa shape index (κ1) is 30.2. The largest absolute Gasteiger partial charge is 1.00 e. The molecule has 1 atom stereocenters. The summed E-state index contributed by atoms with van der Waals surface area (Å²) in [7, 11) is 0. The molecule has 7 heteroatoms. The third kappa shape index (κ3) is 7.84. The van der Waals surface area contributed by atoms with Gasteiger partial charge in [0.1, 0.15) is 18.1 Å². The third-order valence-corrected chi connectivity index (χ3v) is 6.59. The summed E-state index contributed by atoms with van der Waals surface area (Å²) < 4.78 is 23.0. The third-order valence-electron chi connectivity index (χ3n) is 6.59. The van der Waals surface area contributed by atoms with Crippen molar-refractivity contribution >= 4 is 5.97 Å². The summed E-state index contributed by atoms with van der Waals surface area (Å²) in [5.74, 6) is 0.461. The van der Waals surface area contributed by atoms with Crippen LogP contribution in [0.25, 0.3) is 11.1 Å². The minimum Gasteiger partial charge on any atom is -0.550 e. The molecular formula is C31H35NaO6. The first-order chi connectivity index (χ1) is 17.8. The molecule has 0 unspecified atom stereocenters. The first-order valence-electron chi connectivity index (χ1n) is 12.7. The van der Waals surface area contributed by atoms with E-state index in [-0.39, 0.29) is 41.4 Å². The topological polar surface area (TPSA) is 77.1 Å². The smallest absolute Gasteiger partial charge is 0.550 e. The number of aliphatic carboxylic acids is 1. The molecule has 0 bridgehead atoms. The second-order valence-electron chi connectivity index (χ2n) is 10.1. The minimum atomic E-state index is -1.13. The monoisotopic (exact) mass is 526 g/mol. The van der Waals surface area contributed by atoms with E-state index in [1.54, 1.807) is 0 Å². The summed E-state index contributed by atoms with van der Waals surface area (Å²) in [4.78, 5) is 11.0. The van der Waals surface area contributed by atoms with Gasteiger partial charge in [0.05, 0.1) is 25.9 Å². The molecule has 6 nitrogen and oxygen atoms in total. The number of rotatable bonds is 12. The quantitative estimate of drug-likeness (QED) is 0.337. The molecule has 1 aliphatic rings. The molecule has 0 radical (unpaired) electrons. The molecule has 0 aromatic heterocycles. The molecule has 1 aliphatic heterocycles. The summed E-state index contributed by atoms with van der Waals surface area (Å²) in [5, 5.41) is 11.0. The standard InChI is InChI=1S/C31H36O6.Na/c1-5-35-28(16-29(32)33)24-9-11-26(12-10-24)36-17-23-7-6-8-25(15-23)30-21(2)13-27(14-22(30)3)37-20-31(4)18-34-19-31;/h6-15,28H,5,16-20H2,1-4H3,(H,32,33);/q;+1/p-1/t28-;/m0./s1. The van der Waals surface area contributed by atoms with Gasteiger partial charge < -0.3 is 28.8 Å². The molecule has 4 rings (SSSR count). The number of benzene rings is 3. The minimum absolute atomic E-state index is 0. The van der Waals surface area contributed by atoms with Gasteiger partial charge in [-0.3, -0.25) is 0 Å². The fraction of sp³-hybridized carbons (Fsp3) is 0.387. The number of aryl methyl sites for hydroxylation is 2. The van der Waals surface area contributed by atoms with Crippen LogP contribution in [-0.2, 0) is 20.9 Å². The normalized spacial score (nSPS) is 14.6. The average Bonchev–Trinajstić information content (AvgIpc) is 2.85. The Morgan fingerprint density at radius 2 is 1.68 bits per heavy atom. The maximum atomic E-state index is 11.0. The summed E-state index contributed by atoms with van der Waals surface area (Å²) >= 11 is 0. The van der Waals surface area contributed by atoms with E-state index < -0.39 is 12.1 Å². The Bertz CT molecular complexity index is 1200. The Kier molecular flexibility index (Phi) is 10.8. The zero-order valence-corrected chi connectivity index (χ0v) is 25.0. The van der Waals surface area contributed by atoms with Gasteiger partial charge >= 0.3 is 29.6 Å². The zero-order valence-electron chi connectivity index (χ0n) is 23.0. The molecule has 0 N–H and O–H groups in total. The van der Waals surface area contributed by atoms with Gasteiger partial charge in [0.2, 0.25) is 0 Å². The number of carboxylic acids is 1. The van der Waals surface area contributed by atoms with Crippen molar-refractivity contribution in [3.63, 3.8) is 0 Å². The van der Waals surface area contributed by atoms with Gasteiger partial charge in [-0.05, 0) is 84.5 Å². The summed E-state index contributed by atoms with van der Waals surface area (Å²) in [6.07, 6.45) is -0.708. The van der Waals surface area contributed by atoms with Crippen LogP contribution in [0.2, 0.25) is 0 Å². The number of hydrogen-bond acceptors (Lipinski definition) is 6. The second kappa shape index (κ2) is 13.6. The molecule has 3 aromatic rings. The van der Waals surface area contributed by atoms with Crippen LogP contribution in [0.1, 0.15) is 48.6 Å². The van der Waals surface area contributed by atoms with Gasteiger partial charge in [0.25, 0.3) is 0 Å². The molecule has 3 aromatic carbocycles. The van der Waals surface area contributed by atoms with E-state index >= 15 is 0 Å².